The van der Waals surface area contributed by atoms with Gasteiger partial charge in [-0.3, -0.25) is 9.79 Å². The number of amides is 1. The van der Waals surface area contributed by atoms with E-state index in [2.05, 4.69) is 42.6 Å². The maximum absolute atomic E-state index is 13.8. The molecule has 198 valence electrons. The molecular weight excluding hydrogens is 549 g/mol. The summed E-state index contributed by atoms with van der Waals surface area (Å²) in [5, 5.41) is 4.60. The number of carbonyl (C=O) groups excluding carboxylic acids is 1. The van der Waals surface area contributed by atoms with E-state index >= 15 is 0 Å². The quantitative estimate of drug-likeness (QED) is 0.323. The Morgan fingerprint density at radius 1 is 1.19 bits per heavy atom. The van der Waals surface area contributed by atoms with Gasteiger partial charge in [0.25, 0.3) is 5.91 Å². The number of hydrogen-bond acceptors (Lipinski definition) is 4. The second-order valence-corrected chi connectivity index (χ2v) is 10.3. The van der Waals surface area contributed by atoms with Gasteiger partial charge < -0.3 is 9.80 Å². The van der Waals surface area contributed by atoms with Crippen LogP contribution >= 0.6 is 15.9 Å². The van der Waals surface area contributed by atoms with Crippen LogP contribution in [0.2, 0.25) is 0 Å². The molecule has 0 bridgehead atoms. The molecule has 4 rings (SSSR count). The van der Waals surface area contributed by atoms with Gasteiger partial charge >= 0.3 is 6.18 Å². The van der Waals surface area contributed by atoms with Crippen molar-refractivity contribution in [3.8, 4) is 5.69 Å². The number of allylic oxidation sites excluding steroid dienone is 1. The molecule has 2 saturated heterocycles. The van der Waals surface area contributed by atoms with Crippen LogP contribution in [0.5, 0.6) is 0 Å². The standard InChI is InChI=1S/C26H30BrF3N6O/c1-17(15-32-16-31-3)24-23(25(37)35-12-8-19(9-13-35)34-10-4-5-11-34)18(2)36(33-24)20-6-7-22(27)21(14-20)26(28,29)30/h6-7,14-16,19H,3-5,8-13H2,1-2H3/b17-15+,32-16?. The van der Waals surface area contributed by atoms with Crippen molar-refractivity contribution in [2.24, 2.45) is 9.98 Å². The Morgan fingerprint density at radius 2 is 1.86 bits per heavy atom. The van der Waals surface area contributed by atoms with Crippen LogP contribution < -0.4 is 0 Å². The second-order valence-electron chi connectivity index (χ2n) is 9.41. The highest BCUT2D eigenvalue weighted by Crippen LogP contribution is 2.37. The summed E-state index contributed by atoms with van der Waals surface area (Å²) >= 11 is 2.99. The third-order valence-electron chi connectivity index (χ3n) is 7.03. The first kappa shape index (κ1) is 27.3. The Kier molecular flexibility index (Phi) is 8.33. The van der Waals surface area contributed by atoms with Crippen molar-refractivity contribution in [3.63, 3.8) is 0 Å². The zero-order chi connectivity index (χ0) is 26.7. The minimum atomic E-state index is -4.54. The Balaban J connectivity index is 1.71. The normalized spacial score (nSPS) is 18.2. The average molecular weight is 579 g/mol. The van der Waals surface area contributed by atoms with Gasteiger partial charge in [0.05, 0.1) is 22.5 Å². The minimum absolute atomic E-state index is 0.0618. The van der Waals surface area contributed by atoms with Gasteiger partial charge in [0.2, 0.25) is 0 Å². The summed E-state index contributed by atoms with van der Waals surface area (Å²) in [7, 11) is 0. The summed E-state index contributed by atoms with van der Waals surface area (Å²) in [6.07, 6.45) is 2.49. The second kappa shape index (κ2) is 11.3. The topological polar surface area (TPSA) is 66.1 Å². The molecule has 0 N–H and O–H groups in total. The summed E-state index contributed by atoms with van der Waals surface area (Å²) in [6.45, 7) is 10.3. The molecule has 2 fully saturated rings. The first-order valence-corrected chi connectivity index (χ1v) is 13.1. The number of halogens is 4. The lowest BCUT2D eigenvalue weighted by Gasteiger charge is -2.36. The number of hydrogen-bond donors (Lipinski definition) is 0. The molecule has 7 nitrogen and oxygen atoms in total. The first-order valence-electron chi connectivity index (χ1n) is 12.3. The molecule has 1 aromatic carbocycles. The summed E-state index contributed by atoms with van der Waals surface area (Å²) in [5.74, 6) is -0.176. The van der Waals surface area contributed by atoms with Crippen LogP contribution in [0.1, 0.15) is 59.9 Å². The maximum atomic E-state index is 13.8. The molecule has 0 radical (unpaired) electrons. The fourth-order valence-electron chi connectivity index (χ4n) is 5.10. The summed E-state index contributed by atoms with van der Waals surface area (Å²) < 4.78 is 42.1. The highest BCUT2D eigenvalue weighted by atomic mass is 79.9. The van der Waals surface area contributed by atoms with E-state index in [4.69, 9.17) is 0 Å². The number of likely N-dealkylation sites (tertiary alicyclic amines) is 2. The largest absolute Gasteiger partial charge is 0.417 e. The van der Waals surface area contributed by atoms with Gasteiger partial charge in [0, 0.05) is 29.8 Å². The number of aliphatic imine (C=N–C) groups is 2. The highest BCUT2D eigenvalue weighted by molar-refractivity contribution is 9.10. The molecule has 2 aromatic rings. The lowest BCUT2D eigenvalue weighted by atomic mass is 10.0. The predicted molar refractivity (Wildman–Crippen MR) is 142 cm³/mol. The van der Waals surface area contributed by atoms with Gasteiger partial charge in [-0.25, -0.2) is 9.67 Å². The number of nitrogens with zero attached hydrogens (tertiary/aromatic N) is 6. The number of rotatable bonds is 6. The average Bonchev–Trinajstić information content (AvgIpc) is 3.52. The number of carbonyl (C=O) groups is 1. The van der Waals surface area contributed by atoms with Gasteiger partial charge in [-0.05, 0) is 83.1 Å². The van der Waals surface area contributed by atoms with Crippen LogP contribution in [0.15, 0.2) is 38.9 Å². The van der Waals surface area contributed by atoms with Crippen LogP contribution in [-0.4, -0.2) is 70.8 Å². The van der Waals surface area contributed by atoms with E-state index in [1.807, 2.05) is 4.90 Å². The maximum Gasteiger partial charge on any atom is 0.417 e. The van der Waals surface area contributed by atoms with Crippen molar-refractivity contribution in [2.45, 2.75) is 51.7 Å². The van der Waals surface area contributed by atoms with E-state index in [0.717, 1.165) is 32.0 Å². The van der Waals surface area contributed by atoms with Crippen LogP contribution in [0.4, 0.5) is 13.2 Å². The molecule has 3 heterocycles. The van der Waals surface area contributed by atoms with Crippen LogP contribution in [0, 0.1) is 6.92 Å². The number of alkyl halides is 3. The molecule has 2 aliphatic rings. The third-order valence-corrected chi connectivity index (χ3v) is 7.72. The third kappa shape index (κ3) is 5.87. The van der Waals surface area contributed by atoms with E-state index in [9.17, 15) is 18.0 Å². The SMILES string of the molecule is C=NC=N/C=C(\C)c1nn(-c2ccc(Br)c(C(F)(F)F)c2)c(C)c1C(=O)N1CCC(N2CCCC2)CC1. The minimum Gasteiger partial charge on any atom is -0.338 e. The van der Waals surface area contributed by atoms with E-state index < -0.39 is 11.7 Å². The monoisotopic (exact) mass is 578 g/mol. The van der Waals surface area contributed by atoms with E-state index in [-0.39, 0.29) is 16.1 Å². The molecule has 0 spiro atoms. The zero-order valence-electron chi connectivity index (χ0n) is 20.9. The number of benzene rings is 1. The van der Waals surface area contributed by atoms with Gasteiger partial charge in [0.15, 0.2) is 0 Å². The first-order chi connectivity index (χ1) is 17.6. The molecule has 1 amide bonds. The van der Waals surface area contributed by atoms with Gasteiger partial charge in [-0.2, -0.15) is 18.3 Å². The summed E-state index contributed by atoms with van der Waals surface area (Å²) in [6, 6.07) is 4.40. The predicted octanol–water partition coefficient (Wildman–Crippen LogP) is 5.75. The van der Waals surface area contributed by atoms with Crippen LogP contribution in [0.25, 0.3) is 11.3 Å². The summed E-state index contributed by atoms with van der Waals surface area (Å²) in [5.41, 5.74) is 1.20. The Morgan fingerprint density at radius 3 is 2.49 bits per heavy atom. The molecule has 0 saturated carbocycles. The molecule has 0 unspecified atom stereocenters. The Bertz CT molecular complexity index is 1220. The Hall–Kier alpha value is -2.79. The lowest BCUT2D eigenvalue weighted by Crippen LogP contribution is -2.46. The summed E-state index contributed by atoms with van der Waals surface area (Å²) in [4.78, 5) is 25.8. The zero-order valence-corrected chi connectivity index (χ0v) is 22.5. The molecule has 0 atom stereocenters. The highest BCUT2D eigenvalue weighted by Gasteiger charge is 2.35. The smallest absolute Gasteiger partial charge is 0.338 e. The molecule has 37 heavy (non-hydrogen) atoms. The van der Waals surface area contributed by atoms with Crippen molar-refractivity contribution in [1.29, 1.82) is 0 Å². The van der Waals surface area contributed by atoms with Gasteiger partial charge in [-0.1, -0.05) is 15.9 Å². The number of aromatic nitrogens is 2. The van der Waals surface area contributed by atoms with Gasteiger partial charge in [-0.15, -0.1) is 0 Å². The molecule has 11 heteroatoms. The Labute approximate surface area is 222 Å². The van der Waals surface area contributed by atoms with E-state index in [0.29, 0.717) is 41.7 Å². The molecule has 2 aliphatic heterocycles. The van der Waals surface area contributed by atoms with Crippen LogP contribution in [-0.2, 0) is 6.18 Å². The van der Waals surface area contributed by atoms with Gasteiger partial charge in [0.1, 0.15) is 12.0 Å². The van der Waals surface area contributed by atoms with E-state index in [1.165, 1.54) is 42.2 Å². The van der Waals surface area contributed by atoms with Crippen molar-refractivity contribution >= 4 is 40.5 Å². The fourth-order valence-corrected chi connectivity index (χ4v) is 5.57. The van der Waals surface area contributed by atoms with Crippen molar-refractivity contribution in [3.05, 3.63) is 51.4 Å². The van der Waals surface area contributed by atoms with Crippen molar-refractivity contribution in [2.75, 3.05) is 26.2 Å². The lowest BCUT2D eigenvalue weighted by molar-refractivity contribution is -0.138. The van der Waals surface area contributed by atoms with E-state index in [1.54, 1.807) is 13.8 Å². The molecule has 1 aromatic heterocycles. The number of piperidine rings is 1. The van der Waals surface area contributed by atoms with Crippen LogP contribution in [0.3, 0.4) is 0 Å². The van der Waals surface area contributed by atoms with Crippen molar-refractivity contribution in [1.82, 2.24) is 19.6 Å². The van der Waals surface area contributed by atoms with Crippen molar-refractivity contribution < 1.29 is 18.0 Å². The molecular formula is C26H30BrF3N6O. The fraction of sp³-hybridized carbons (Fsp3) is 0.462. The molecule has 0 aliphatic carbocycles.